The molecule has 1 atom stereocenters. The third-order valence-corrected chi connectivity index (χ3v) is 7.84. The molecule has 4 heterocycles. The summed E-state index contributed by atoms with van der Waals surface area (Å²) in [5.74, 6) is 1.02. The number of amides is 1. The molecular weight excluding hydrogens is 408 g/mol. The molecule has 0 N–H and O–H groups in total. The van der Waals surface area contributed by atoms with Gasteiger partial charge in [-0.15, -0.1) is 0 Å². The molecule has 0 unspecified atom stereocenters. The number of likely N-dealkylation sites (tertiary alicyclic amines) is 2. The number of piperidine rings is 1. The highest BCUT2D eigenvalue weighted by Crippen LogP contribution is 2.32. The summed E-state index contributed by atoms with van der Waals surface area (Å²) in [6, 6.07) is 1.93. The minimum atomic E-state index is -0.275. The zero-order valence-corrected chi connectivity index (χ0v) is 19.6. The summed E-state index contributed by atoms with van der Waals surface area (Å²) in [4.78, 5) is 42.3. The van der Waals surface area contributed by atoms with E-state index in [1.54, 1.807) is 17.7 Å². The summed E-state index contributed by atoms with van der Waals surface area (Å²) in [6.07, 6.45) is 8.47. The average Bonchev–Trinajstić information content (AvgIpc) is 3.08. The predicted octanol–water partition coefficient (Wildman–Crippen LogP) is 1.49. The summed E-state index contributed by atoms with van der Waals surface area (Å²) in [5.41, 5.74) is 0.240. The van der Waals surface area contributed by atoms with E-state index in [0.717, 1.165) is 68.4 Å². The number of rotatable bonds is 4. The van der Waals surface area contributed by atoms with Gasteiger partial charge in [0, 0.05) is 64.1 Å². The number of hydrogen-bond donors (Lipinski definition) is 0. The molecule has 4 rings (SSSR count). The standard InChI is InChI=1S/C24H38N4O4/c1-25-20(16-22(29)26(2)24(25)31)17-27-12-7-18(8-13-27)21-6-4-3-5-11-28(21)23(30)19-9-14-32-15-10-19/h16,18-19,21H,3-15,17H2,1-2H3/t21-/m1/s1. The fourth-order valence-corrected chi connectivity index (χ4v) is 5.73. The molecule has 3 saturated heterocycles. The molecule has 3 aliphatic heterocycles. The van der Waals surface area contributed by atoms with Crippen molar-refractivity contribution in [1.82, 2.24) is 18.9 Å². The lowest BCUT2D eigenvalue weighted by Gasteiger charge is -2.42. The van der Waals surface area contributed by atoms with E-state index in [0.29, 0.717) is 37.6 Å². The van der Waals surface area contributed by atoms with Gasteiger partial charge in [-0.25, -0.2) is 4.79 Å². The Kier molecular flexibility index (Phi) is 7.51. The minimum absolute atomic E-state index is 0.131. The van der Waals surface area contributed by atoms with Gasteiger partial charge >= 0.3 is 5.69 Å². The van der Waals surface area contributed by atoms with Crippen molar-refractivity contribution in [3.63, 3.8) is 0 Å². The second kappa shape index (κ2) is 10.3. The molecule has 0 radical (unpaired) electrons. The van der Waals surface area contributed by atoms with Crippen molar-refractivity contribution >= 4 is 5.91 Å². The molecule has 1 aromatic heterocycles. The average molecular weight is 447 g/mol. The maximum absolute atomic E-state index is 13.4. The van der Waals surface area contributed by atoms with Gasteiger partial charge in [-0.2, -0.15) is 0 Å². The van der Waals surface area contributed by atoms with Crippen LogP contribution in [0.5, 0.6) is 0 Å². The van der Waals surface area contributed by atoms with Gasteiger partial charge in [0.25, 0.3) is 5.56 Å². The second-order valence-corrected chi connectivity index (χ2v) is 9.82. The van der Waals surface area contributed by atoms with Crippen LogP contribution in [-0.2, 0) is 30.2 Å². The second-order valence-electron chi connectivity index (χ2n) is 9.82. The lowest BCUT2D eigenvalue weighted by Crippen LogP contribution is -2.50. The summed E-state index contributed by atoms with van der Waals surface area (Å²) in [7, 11) is 3.25. The molecule has 1 aromatic rings. The summed E-state index contributed by atoms with van der Waals surface area (Å²) in [6.45, 7) is 4.80. The molecule has 178 valence electrons. The molecule has 8 heteroatoms. The minimum Gasteiger partial charge on any atom is -0.381 e. The maximum atomic E-state index is 13.4. The van der Waals surface area contributed by atoms with E-state index >= 15 is 0 Å². The Morgan fingerprint density at radius 2 is 1.66 bits per heavy atom. The quantitative estimate of drug-likeness (QED) is 0.701. The smallest absolute Gasteiger partial charge is 0.330 e. The number of carbonyl (C=O) groups excluding carboxylic acids is 1. The fourth-order valence-electron chi connectivity index (χ4n) is 5.73. The van der Waals surface area contributed by atoms with Gasteiger partial charge in [-0.3, -0.25) is 23.6 Å². The summed E-state index contributed by atoms with van der Waals surface area (Å²) in [5, 5.41) is 0. The first-order chi connectivity index (χ1) is 15.5. The topological polar surface area (TPSA) is 76.8 Å². The molecule has 8 nitrogen and oxygen atoms in total. The van der Waals surface area contributed by atoms with Gasteiger partial charge in [0.05, 0.1) is 0 Å². The number of carbonyl (C=O) groups is 1. The molecule has 3 fully saturated rings. The van der Waals surface area contributed by atoms with Crippen molar-refractivity contribution in [3.05, 3.63) is 32.6 Å². The van der Waals surface area contributed by atoms with E-state index < -0.39 is 0 Å². The molecule has 0 spiro atoms. The number of aromatic nitrogens is 2. The SMILES string of the molecule is Cn1c(CN2CCC([C@H]3CCCCCN3C(=O)C3CCOCC3)CC2)cc(=O)n(C)c1=O. The van der Waals surface area contributed by atoms with E-state index in [-0.39, 0.29) is 17.2 Å². The molecule has 0 bridgehead atoms. The Labute approximate surface area is 190 Å². The van der Waals surface area contributed by atoms with Crippen molar-refractivity contribution in [3.8, 4) is 0 Å². The van der Waals surface area contributed by atoms with Crippen molar-refractivity contribution in [2.24, 2.45) is 25.9 Å². The van der Waals surface area contributed by atoms with Crippen LogP contribution in [0.25, 0.3) is 0 Å². The fraction of sp³-hybridized carbons (Fsp3) is 0.792. The van der Waals surface area contributed by atoms with E-state index in [9.17, 15) is 14.4 Å². The molecule has 0 aromatic carbocycles. The van der Waals surface area contributed by atoms with Crippen LogP contribution in [0.3, 0.4) is 0 Å². The first kappa shape index (κ1) is 23.2. The van der Waals surface area contributed by atoms with Gasteiger partial charge in [0.15, 0.2) is 0 Å². The molecule has 32 heavy (non-hydrogen) atoms. The highest BCUT2D eigenvalue weighted by Gasteiger charge is 2.36. The van der Waals surface area contributed by atoms with E-state index in [1.807, 2.05) is 0 Å². The molecular formula is C24H38N4O4. The lowest BCUT2D eigenvalue weighted by molar-refractivity contribution is -0.142. The zero-order chi connectivity index (χ0) is 22.7. The monoisotopic (exact) mass is 446 g/mol. The van der Waals surface area contributed by atoms with Crippen LogP contribution < -0.4 is 11.2 Å². The Morgan fingerprint density at radius 3 is 2.38 bits per heavy atom. The lowest BCUT2D eigenvalue weighted by atomic mass is 9.85. The first-order valence-electron chi connectivity index (χ1n) is 12.3. The van der Waals surface area contributed by atoms with Crippen molar-refractivity contribution in [2.45, 2.75) is 64.0 Å². The predicted molar refractivity (Wildman–Crippen MR) is 122 cm³/mol. The van der Waals surface area contributed by atoms with Crippen LogP contribution in [-0.4, -0.2) is 63.7 Å². The third kappa shape index (κ3) is 5.01. The highest BCUT2D eigenvalue weighted by atomic mass is 16.5. The Morgan fingerprint density at radius 1 is 0.938 bits per heavy atom. The normalized spacial score (nSPS) is 24.4. The first-order valence-corrected chi connectivity index (χ1v) is 12.3. The van der Waals surface area contributed by atoms with E-state index in [1.165, 1.54) is 19.9 Å². The Balaban J connectivity index is 1.40. The van der Waals surface area contributed by atoms with Crippen LogP contribution in [0.4, 0.5) is 0 Å². The van der Waals surface area contributed by atoms with Gasteiger partial charge < -0.3 is 9.64 Å². The third-order valence-electron chi connectivity index (χ3n) is 7.84. The molecule has 3 aliphatic rings. The Bertz CT molecular complexity index is 910. The van der Waals surface area contributed by atoms with Crippen molar-refractivity contribution in [2.75, 3.05) is 32.8 Å². The van der Waals surface area contributed by atoms with Crippen LogP contribution >= 0.6 is 0 Å². The molecule has 0 aliphatic carbocycles. The van der Waals surface area contributed by atoms with Crippen LogP contribution in [0, 0.1) is 11.8 Å². The van der Waals surface area contributed by atoms with Crippen molar-refractivity contribution in [1.29, 1.82) is 0 Å². The van der Waals surface area contributed by atoms with E-state index in [2.05, 4.69) is 9.80 Å². The number of hydrogen-bond acceptors (Lipinski definition) is 5. The van der Waals surface area contributed by atoms with Gasteiger partial charge in [-0.05, 0) is 57.5 Å². The van der Waals surface area contributed by atoms with Crippen LogP contribution in [0.1, 0.15) is 57.1 Å². The molecule has 1 amide bonds. The Hall–Kier alpha value is -1.93. The maximum Gasteiger partial charge on any atom is 0.330 e. The molecule has 0 saturated carbocycles. The largest absolute Gasteiger partial charge is 0.381 e. The number of nitrogens with zero attached hydrogens (tertiary/aromatic N) is 4. The zero-order valence-electron chi connectivity index (χ0n) is 19.6. The van der Waals surface area contributed by atoms with Gasteiger partial charge in [-0.1, -0.05) is 12.8 Å². The van der Waals surface area contributed by atoms with Crippen molar-refractivity contribution < 1.29 is 9.53 Å². The van der Waals surface area contributed by atoms with Gasteiger partial charge in [0.1, 0.15) is 0 Å². The van der Waals surface area contributed by atoms with E-state index in [4.69, 9.17) is 4.74 Å². The summed E-state index contributed by atoms with van der Waals surface area (Å²) >= 11 is 0. The van der Waals surface area contributed by atoms with Crippen LogP contribution in [0.2, 0.25) is 0 Å². The number of ether oxygens (including phenoxy) is 1. The highest BCUT2D eigenvalue weighted by molar-refractivity contribution is 5.79. The van der Waals surface area contributed by atoms with Gasteiger partial charge in [0.2, 0.25) is 5.91 Å². The van der Waals surface area contributed by atoms with Crippen LogP contribution in [0.15, 0.2) is 15.7 Å². The summed E-state index contributed by atoms with van der Waals surface area (Å²) < 4.78 is 8.20.